The van der Waals surface area contributed by atoms with Gasteiger partial charge in [-0.15, -0.1) is 11.3 Å². The van der Waals surface area contributed by atoms with Crippen molar-refractivity contribution in [2.24, 2.45) is 0 Å². The lowest BCUT2D eigenvalue weighted by molar-refractivity contribution is 1.15. The number of rotatable bonds is 3. The van der Waals surface area contributed by atoms with Crippen molar-refractivity contribution in [1.82, 2.24) is 19.5 Å². The molecule has 5 heteroatoms. The zero-order valence-corrected chi connectivity index (χ0v) is 27.5. The molecule has 0 fully saturated rings. The van der Waals surface area contributed by atoms with Gasteiger partial charge in [0.15, 0.2) is 0 Å². The van der Waals surface area contributed by atoms with Crippen LogP contribution in [0.25, 0.3) is 103 Å². The Morgan fingerprint density at radius 1 is 0.400 bits per heavy atom. The molecule has 11 aromatic rings. The number of thiophene rings is 1. The van der Waals surface area contributed by atoms with E-state index in [1.54, 1.807) is 0 Å². The van der Waals surface area contributed by atoms with Gasteiger partial charge < -0.3 is 4.57 Å². The summed E-state index contributed by atoms with van der Waals surface area (Å²) in [6.45, 7) is 0. The van der Waals surface area contributed by atoms with Gasteiger partial charge in [-0.25, -0.2) is 4.98 Å². The van der Waals surface area contributed by atoms with Crippen LogP contribution < -0.4 is 0 Å². The van der Waals surface area contributed by atoms with Gasteiger partial charge in [0.2, 0.25) is 0 Å². The highest BCUT2D eigenvalue weighted by Crippen LogP contribution is 2.51. The van der Waals surface area contributed by atoms with E-state index in [-0.39, 0.29) is 0 Å². The maximum Gasteiger partial charge on any atom is 0.0915 e. The van der Waals surface area contributed by atoms with Gasteiger partial charge in [0.1, 0.15) is 0 Å². The fraction of sp³-hybridized carbons (Fsp3) is 0. The van der Waals surface area contributed by atoms with Crippen LogP contribution >= 0.6 is 11.3 Å². The summed E-state index contributed by atoms with van der Waals surface area (Å²) in [5.74, 6) is 0. The zero-order chi connectivity index (χ0) is 32.8. The Morgan fingerprint density at radius 2 is 0.880 bits per heavy atom. The van der Waals surface area contributed by atoms with Crippen molar-refractivity contribution < 1.29 is 0 Å². The maximum atomic E-state index is 5.17. The van der Waals surface area contributed by atoms with E-state index in [2.05, 4.69) is 114 Å². The lowest BCUT2D eigenvalue weighted by atomic mass is 9.94. The Morgan fingerprint density at radius 3 is 1.50 bits per heavy atom. The standard InChI is InChI=1S/C45H26N4S/c1-3-15-30-28(13-1)29-14-2-6-18-33(29)43-41(30)42-32-17-5-4-16-31(32)40-34-19-7-8-22-39(34)50-45(40)44(42)49(43)27-25-37(35-20-9-11-23-46-35)48-38(26-27)36-21-10-12-24-47-36/h1-26H. The molecule has 50 heavy (non-hydrogen) atoms. The molecule has 0 radical (unpaired) electrons. The molecule has 0 atom stereocenters. The molecule has 4 nitrogen and oxygen atoms in total. The highest BCUT2D eigenvalue weighted by atomic mass is 32.1. The van der Waals surface area contributed by atoms with E-state index in [1.807, 2.05) is 60.1 Å². The predicted molar refractivity (Wildman–Crippen MR) is 210 cm³/mol. The molecule has 0 amide bonds. The first-order chi connectivity index (χ1) is 24.8. The molecule has 232 valence electrons. The van der Waals surface area contributed by atoms with Crippen LogP contribution in [-0.4, -0.2) is 19.5 Å². The molecule has 0 aliphatic rings. The molecule has 6 aromatic carbocycles. The SMILES string of the molecule is c1ccc(-c2cc(-n3c4c5ccccc5c5ccccc5c4c4c5ccccc5c5c6ccccc6sc5c43)cc(-c3ccccn3)n2)nc1. The molecular formula is C45H26N4S. The van der Waals surface area contributed by atoms with E-state index in [1.165, 1.54) is 74.3 Å². The smallest absolute Gasteiger partial charge is 0.0915 e. The Hall–Kier alpha value is -6.43. The number of hydrogen-bond donors (Lipinski definition) is 0. The molecule has 0 saturated carbocycles. The first-order valence-corrected chi connectivity index (χ1v) is 17.6. The first-order valence-electron chi connectivity index (χ1n) is 16.8. The van der Waals surface area contributed by atoms with Gasteiger partial charge in [0.25, 0.3) is 0 Å². The molecule has 0 aliphatic carbocycles. The number of hydrogen-bond acceptors (Lipinski definition) is 4. The minimum Gasteiger partial charge on any atom is -0.307 e. The quantitative estimate of drug-likeness (QED) is 0.178. The molecule has 0 spiro atoms. The second-order valence-electron chi connectivity index (χ2n) is 12.7. The van der Waals surface area contributed by atoms with E-state index >= 15 is 0 Å². The molecule has 0 aliphatic heterocycles. The third kappa shape index (κ3) is 3.84. The van der Waals surface area contributed by atoms with Gasteiger partial charge in [0, 0.05) is 44.0 Å². The Bertz CT molecular complexity index is 3080. The lowest BCUT2D eigenvalue weighted by Crippen LogP contribution is -2.00. The minimum absolute atomic E-state index is 0.803. The summed E-state index contributed by atoms with van der Waals surface area (Å²) in [5.41, 5.74) is 6.67. The largest absolute Gasteiger partial charge is 0.307 e. The third-order valence-corrected chi connectivity index (χ3v) is 11.2. The lowest BCUT2D eigenvalue weighted by Gasteiger charge is -2.15. The Balaban J connectivity index is 1.45. The van der Waals surface area contributed by atoms with E-state index < -0.39 is 0 Å². The summed E-state index contributed by atoms with van der Waals surface area (Å²) in [7, 11) is 0. The topological polar surface area (TPSA) is 43.6 Å². The number of aromatic nitrogens is 4. The fourth-order valence-electron chi connectivity index (χ4n) is 8.02. The number of fused-ring (bicyclic) bond motifs is 15. The monoisotopic (exact) mass is 654 g/mol. The predicted octanol–water partition coefficient (Wildman–Crippen LogP) is 12.1. The average molecular weight is 655 g/mol. The van der Waals surface area contributed by atoms with Crippen LogP contribution in [0.3, 0.4) is 0 Å². The Kier molecular flexibility index (Phi) is 5.80. The molecule has 0 unspecified atom stereocenters. The van der Waals surface area contributed by atoms with Crippen LogP contribution in [0.4, 0.5) is 0 Å². The highest BCUT2D eigenvalue weighted by molar-refractivity contribution is 7.27. The molecule has 0 saturated heterocycles. The van der Waals surface area contributed by atoms with Crippen LogP contribution in [0.1, 0.15) is 0 Å². The molecule has 0 N–H and O–H groups in total. The summed E-state index contributed by atoms with van der Waals surface area (Å²) in [6, 6.07) is 51.9. The van der Waals surface area contributed by atoms with Crippen LogP contribution in [0.5, 0.6) is 0 Å². The molecule has 0 bridgehead atoms. The van der Waals surface area contributed by atoms with Crippen molar-refractivity contribution in [3.05, 3.63) is 158 Å². The molecule has 5 aromatic heterocycles. The van der Waals surface area contributed by atoms with E-state index in [0.717, 1.165) is 28.5 Å². The zero-order valence-electron chi connectivity index (χ0n) is 26.7. The third-order valence-electron chi connectivity index (χ3n) is 10.0. The van der Waals surface area contributed by atoms with Crippen molar-refractivity contribution in [2.45, 2.75) is 0 Å². The van der Waals surface area contributed by atoms with E-state index in [9.17, 15) is 0 Å². The molecular weight excluding hydrogens is 629 g/mol. The summed E-state index contributed by atoms with van der Waals surface area (Å²) >= 11 is 1.88. The second-order valence-corrected chi connectivity index (χ2v) is 13.8. The van der Waals surface area contributed by atoms with Gasteiger partial charge in [-0.2, -0.15) is 0 Å². The van der Waals surface area contributed by atoms with Gasteiger partial charge in [-0.1, -0.05) is 103 Å². The number of benzene rings is 6. The highest BCUT2D eigenvalue weighted by Gasteiger charge is 2.25. The normalized spacial score (nSPS) is 12.0. The summed E-state index contributed by atoms with van der Waals surface area (Å²) < 4.78 is 5.08. The van der Waals surface area contributed by atoms with Gasteiger partial charge in [-0.3, -0.25) is 9.97 Å². The second kappa shape index (κ2) is 10.5. The van der Waals surface area contributed by atoms with E-state index in [4.69, 9.17) is 15.0 Å². The van der Waals surface area contributed by atoms with Crippen molar-refractivity contribution in [1.29, 1.82) is 0 Å². The number of pyridine rings is 3. The van der Waals surface area contributed by atoms with Crippen LogP contribution in [0.2, 0.25) is 0 Å². The van der Waals surface area contributed by atoms with Gasteiger partial charge >= 0.3 is 0 Å². The van der Waals surface area contributed by atoms with E-state index in [0.29, 0.717) is 0 Å². The van der Waals surface area contributed by atoms with Crippen LogP contribution in [-0.2, 0) is 0 Å². The van der Waals surface area contributed by atoms with Crippen molar-refractivity contribution in [3.63, 3.8) is 0 Å². The first kappa shape index (κ1) is 27.5. The molecule has 11 rings (SSSR count). The van der Waals surface area contributed by atoms with Gasteiger partial charge in [-0.05, 0) is 69.4 Å². The minimum atomic E-state index is 0.803. The summed E-state index contributed by atoms with van der Waals surface area (Å²) in [6.07, 6.45) is 3.66. The number of nitrogens with zero attached hydrogens (tertiary/aromatic N) is 4. The Labute approximate surface area is 290 Å². The van der Waals surface area contributed by atoms with Crippen molar-refractivity contribution >= 4 is 85.6 Å². The maximum absolute atomic E-state index is 5.17. The van der Waals surface area contributed by atoms with Crippen LogP contribution in [0, 0.1) is 0 Å². The van der Waals surface area contributed by atoms with Gasteiger partial charge in [0.05, 0.1) is 44.2 Å². The fourth-order valence-corrected chi connectivity index (χ4v) is 9.28. The summed E-state index contributed by atoms with van der Waals surface area (Å²) in [5, 5.41) is 12.6. The van der Waals surface area contributed by atoms with Crippen molar-refractivity contribution in [2.75, 3.05) is 0 Å². The average Bonchev–Trinajstić information content (AvgIpc) is 3.76. The van der Waals surface area contributed by atoms with Crippen molar-refractivity contribution in [3.8, 4) is 28.5 Å². The van der Waals surface area contributed by atoms with Crippen LogP contribution in [0.15, 0.2) is 158 Å². The summed E-state index contributed by atoms with van der Waals surface area (Å²) in [4.78, 5) is 14.7. The molecule has 5 heterocycles.